The number of rotatable bonds is 10. The molecular formula is C26H26ClF3N3O5-. The fraction of sp³-hybridized carbons (Fsp3) is 0.462. The summed E-state index contributed by atoms with van der Waals surface area (Å²) in [6, 6.07) is 4.61. The molecular weight excluding hydrogens is 527 g/mol. The molecule has 0 aliphatic heterocycles. The van der Waals surface area contributed by atoms with Crippen LogP contribution in [-0.2, 0) is 15.5 Å². The number of carboxylic acid groups (broad SMARTS) is 1. The third-order valence-corrected chi connectivity index (χ3v) is 6.77. The van der Waals surface area contributed by atoms with Gasteiger partial charge in [-0.3, -0.25) is 4.79 Å². The molecule has 1 amide bonds. The average Bonchev–Trinajstić information content (AvgIpc) is 3.35. The Morgan fingerprint density at radius 1 is 1.18 bits per heavy atom. The van der Waals surface area contributed by atoms with E-state index in [9.17, 15) is 27.9 Å². The van der Waals surface area contributed by atoms with E-state index in [0.29, 0.717) is 11.3 Å². The standard InChI is InChI=1S/C26H27ClF3N3O5/c1-25(2,3)26(29,30)19-12-18(32-37-19)24-22(13-4-5-13)23(33-38-24)14(6-9-21(35)36)10-20(34)31-17-8-7-15(28)11-16(17)27/h7-8,11-14H,4-6,9-10H2,1-3H3,(H,31,34)(H,35,36)/p-1/t14-/m0/s1. The van der Waals surface area contributed by atoms with Crippen LogP contribution in [0.4, 0.5) is 18.9 Å². The SMILES string of the molecule is CC(C)(C)C(F)(F)c1cc(-c2onc([C@@H](CCC(=O)[O-])CC(=O)Nc3ccc(F)cc3Cl)c2C2CC2)no1. The second-order valence-electron chi connectivity index (χ2n) is 10.5. The lowest BCUT2D eigenvalue weighted by atomic mass is 9.86. The van der Waals surface area contributed by atoms with Crippen molar-refractivity contribution in [2.75, 3.05) is 5.32 Å². The number of hydrogen-bond acceptors (Lipinski definition) is 7. The zero-order chi connectivity index (χ0) is 27.8. The van der Waals surface area contributed by atoms with E-state index in [4.69, 9.17) is 20.6 Å². The molecule has 1 aliphatic rings. The molecule has 1 aromatic carbocycles. The molecule has 204 valence electrons. The van der Waals surface area contributed by atoms with Crippen molar-refractivity contribution in [3.63, 3.8) is 0 Å². The number of nitrogens with zero attached hydrogens (tertiary/aromatic N) is 2. The van der Waals surface area contributed by atoms with Crippen LogP contribution in [0.15, 0.2) is 33.3 Å². The summed E-state index contributed by atoms with van der Waals surface area (Å²) in [5.74, 6) is -6.90. The van der Waals surface area contributed by atoms with Gasteiger partial charge in [-0.1, -0.05) is 42.7 Å². The lowest BCUT2D eigenvalue weighted by molar-refractivity contribution is -0.305. The molecule has 1 saturated carbocycles. The van der Waals surface area contributed by atoms with E-state index < -0.39 is 40.7 Å². The van der Waals surface area contributed by atoms with Crippen LogP contribution in [0.3, 0.4) is 0 Å². The van der Waals surface area contributed by atoms with E-state index in [2.05, 4.69) is 15.6 Å². The van der Waals surface area contributed by atoms with Crippen LogP contribution in [0, 0.1) is 11.2 Å². The van der Waals surface area contributed by atoms with Crippen LogP contribution in [0.2, 0.25) is 5.02 Å². The van der Waals surface area contributed by atoms with Crippen molar-refractivity contribution < 1.29 is 36.9 Å². The minimum atomic E-state index is -3.31. The van der Waals surface area contributed by atoms with Gasteiger partial charge < -0.3 is 24.3 Å². The minimum Gasteiger partial charge on any atom is -0.550 e. The molecule has 8 nitrogen and oxygen atoms in total. The minimum absolute atomic E-state index is 0.000854. The zero-order valence-corrected chi connectivity index (χ0v) is 21.7. The number of amides is 1. The molecule has 1 aliphatic carbocycles. The van der Waals surface area contributed by atoms with Crippen molar-refractivity contribution in [1.29, 1.82) is 0 Å². The number of carboxylic acids is 1. The second-order valence-corrected chi connectivity index (χ2v) is 10.9. The van der Waals surface area contributed by atoms with Gasteiger partial charge in [-0.05, 0) is 49.8 Å². The van der Waals surface area contributed by atoms with Gasteiger partial charge in [0.05, 0.1) is 16.4 Å². The van der Waals surface area contributed by atoms with Gasteiger partial charge in [0.1, 0.15) is 5.82 Å². The molecule has 0 spiro atoms. The van der Waals surface area contributed by atoms with Gasteiger partial charge in [-0.25, -0.2) is 4.39 Å². The summed E-state index contributed by atoms with van der Waals surface area (Å²) >= 11 is 6.00. The number of aliphatic carboxylic acids is 1. The fourth-order valence-corrected chi connectivity index (χ4v) is 4.31. The maximum absolute atomic E-state index is 14.8. The Morgan fingerprint density at radius 2 is 1.89 bits per heavy atom. The van der Waals surface area contributed by atoms with E-state index in [-0.39, 0.29) is 47.3 Å². The van der Waals surface area contributed by atoms with Gasteiger partial charge >= 0.3 is 5.92 Å². The lowest BCUT2D eigenvalue weighted by Gasteiger charge is -2.27. The normalized spacial score (nSPS) is 14.9. The van der Waals surface area contributed by atoms with Crippen LogP contribution in [-0.4, -0.2) is 22.2 Å². The first-order valence-electron chi connectivity index (χ1n) is 12.1. The second kappa shape index (κ2) is 10.4. The van der Waals surface area contributed by atoms with E-state index in [1.165, 1.54) is 26.8 Å². The summed E-state index contributed by atoms with van der Waals surface area (Å²) in [4.78, 5) is 24.1. The first-order valence-corrected chi connectivity index (χ1v) is 12.4. The maximum atomic E-state index is 14.8. The molecule has 2 heterocycles. The van der Waals surface area contributed by atoms with Gasteiger partial charge in [0.25, 0.3) is 0 Å². The Morgan fingerprint density at radius 3 is 2.50 bits per heavy atom. The third kappa shape index (κ3) is 5.87. The number of carbonyl (C=O) groups excluding carboxylic acids is 2. The van der Waals surface area contributed by atoms with Crippen molar-refractivity contribution in [2.45, 2.75) is 70.6 Å². The van der Waals surface area contributed by atoms with Crippen molar-refractivity contribution in [2.24, 2.45) is 5.41 Å². The number of anilines is 1. The van der Waals surface area contributed by atoms with Crippen LogP contribution in [0.25, 0.3) is 11.5 Å². The van der Waals surface area contributed by atoms with Crippen molar-refractivity contribution in [3.05, 3.63) is 52.1 Å². The Kier molecular flexibility index (Phi) is 7.60. The fourth-order valence-electron chi connectivity index (χ4n) is 4.10. The molecule has 0 saturated heterocycles. The number of halogens is 4. The molecule has 1 fully saturated rings. The van der Waals surface area contributed by atoms with Gasteiger partial charge in [0, 0.05) is 35.4 Å². The zero-order valence-electron chi connectivity index (χ0n) is 20.9. The number of aromatic nitrogens is 2. The Balaban J connectivity index is 1.64. The summed E-state index contributed by atoms with van der Waals surface area (Å²) in [7, 11) is 0. The topological polar surface area (TPSA) is 121 Å². The van der Waals surface area contributed by atoms with Crippen molar-refractivity contribution in [3.8, 4) is 11.5 Å². The quantitative estimate of drug-likeness (QED) is 0.338. The largest absolute Gasteiger partial charge is 0.550 e. The van der Waals surface area contributed by atoms with Crippen LogP contribution in [0.1, 0.15) is 81.7 Å². The molecule has 0 bridgehead atoms. The smallest absolute Gasteiger partial charge is 0.312 e. The van der Waals surface area contributed by atoms with Crippen molar-refractivity contribution in [1.82, 2.24) is 10.3 Å². The summed E-state index contributed by atoms with van der Waals surface area (Å²) in [6.07, 6.45) is 1.00. The van der Waals surface area contributed by atoms with Crippen LogP contribution >= 0.6 is 11.6 Å². The molecule has 0 radical (unpaired) electrons. The van der Waals surface area contributed by atoms with E-state index in [0.717, 1.165) is 31.0 Å². The third-order valence-electron chi connectivity index (χ3n) is 6.46. The van der Waals surface area contributed by atoms with Gasteiger partial charge in [0.15, 0.2) is 11.5 Å². The molecule has 1 N–H and O–H groups in total. The Labute approximate surface area is 221 Å². The Bertz CT molecular complexity index is 1340. The molecule has 38 heavy (non-hydrogen) atoms. The highest BCUT2D eigenvalue weighted by Crippen LogP contribution is 2.50. The van der Waals surface area contributed by atoms with Crippen molar-refractivity contribution >= 4 is 29.2 Å². The number of alkyl halides is 2. The van der Waals surface area contributed by atoms with E-state index in [1.54, 1.807) is 0 Å². The van der Waals surface area contributed by atoms with Crippen LogP contribution < -0.4 is 10.4 Å². The highest BCUT2D eigenvalue weighted by atomic mass is 35.5. The molecule has 12 heteroatoms. The lowest BCUT2D eigenvalue weighted by Crippen LogP contribution is -2.30. The van der Waals surface area contributed by atoms with Gasteiger partial charge in [0.2, 0.25) is 11.7 Å². The molecule has 0 unspecified atom stereocenters. The predicted molar refractivity (Wildman–Crippen MR) is 129 cm³/mol. The molecule has 1 atom stereocenters. The summed E-state index contributed by atoms with van der Waals surface area (Å²) in [5.41, 5.74) is -0.274. The monoisotopic (exact) mass is 552 g/mol. The summed E-state index contributed by atoms with van der Waals surface area (Å²) in [5, 5.41) is 21.7. The number of carbonyl (C=O) groups is 2. The highest BCUT2D eigenvalue weighted by Gasteiger charge is 2.49. The molecule has 2 aromatic heterocycles. The van der Waals surface area contributed by atoms with E-state index in [1.807, 2.05) is 0 Å². The summed E-state index contributed by atoms with van der Waals surface area (Å²) < 4.78 is 53.5. The maximum Gasteiger partial charge on any atom is 0.312 e. The van der Waals surface area contributed by atoms with Gasteiger partial charge in [-0.2, -0.15) is 8.78 Å². The highest BCUT2D eigenvalue weighted by molar-refractivity contribution is 6.33. The molecule has 4 rings (SSSR count). The number of hydrogen-bond donors (Lipinski definition) is 1. The average molecular weight is 553 g/mol. The van der Waals surface area contributed by atoms with Gasteiger partial charge in [-0.15, -0.1) is 0 Å². The summed E-state index contributed by atoms with van der Waals surface area (Å²) in [6.45, 7) is 4.14. The molecule has 3 aromatic rings. The predicted octanol–water partition coefficient (Wildman–Crippen LogP) is 5.78. The first-order chi connectivity index (χ1) is 17.8. The Hall–Kier alpha value is -3.34. The van der Waals surface area contributed by atoms with Crippen LogP contribution in [0.5, 0.6) is 0 Å². The van der Waals surface area contributed by atoms with E-state index >= 15 is 0 Å². The number of nitrogens with one attached hydrogen (secondary N) is 1. The number of benzene rings is 1. The first kappa shape index (κ1) is 27.7.